The highest BCUT2D eigenvalue weighted by molar-refractivity contribution is 5.77. The lowest BCUT2D eigenvalue weighted by Gasteiger charge is -2.11. The van der Waals surface area contributed by atoms with Crippen LogP contribution >= 0.6 is 0 Å². The molecule has 0 amide bonds. The number of hydrogen-bond acceptors (Lipinski definition) is 5. The zero-order valence-corrected chi connectivity index (χ0v) is 10.4. The van der Waals surface area contributed by atoms with Crippen LogP contribution in [0.1, 0.15) is 31.2 Å². The molecule has 0 saturated heterocycles. The molecule has 0 bridgehead atoms. The smallest absolute Gasteiger partial charge is 0.317 e. The van der Waals surface area contributed by atoms with Crippen molar-refractivity contribution in [2.45, 2.75) is 19.8 Å². The molecule has 0 aliphatic rings. The Morgan fingerprint density at radius 3 is 2.78 bits per heavy atom. The average Bonchev–Trinajstić information content (AvgIpc) is 2.37. The molecule has 1 aromatic rings. The number of hydrogen-bond donors (Lipinski definition) is 0. The summed E-state index contributed by atoms with van der Waals surface area (Å²) in [4.78, 5) is 26.4. The van der Waals surface area contributed by atoms with Gasteiger partial charge in [-0.3, -0.25) is 14.6 Å². The van der Waals surface area contributed by atoms with E-state index < -0.39 is 17.9 Å². The van der Waals surface area contributed by atoms with E-state index >= 15 is 0 Å². The number of carbonyl (C=O) groups is 2. The van der Waals surface area contributed by atoms with Gasteiger partial charge in [0.1, 0.15) is 0 Å². The van der Waals surface area contributed by atoms with Gasteiger partial charge in [0.25, 0.3) is 0 Å². The van der Waals surface area contributed by atoms with Crippen LogP contribution in [0.4, 0.5) is 0 Å². The molecular formula is C13H15NO4. The summed E-state index contributed by atoms with van der Waals surface area (Å²) in [6.45, 7) is 6.15. The lowest BCUT2D eigenvalue weighted by Crippen LogP contribution is -2.17. The molecule has 0 aliphatic carbocycles. The minimum atomic E-state index is -0.527. The van der Waals surface area contributed by atoms with Gasteiger partial charge in [0.2, 0.25) is 6.79 Å². The summed E-state index contributed by atoms with van der Waals surface area (Å²) >= 11 is 0. The minimum absolute atomic E-state index is 0.375. The lowest BCUT2D eigenvalue weighted by atomic mass is 10.1. The Morgan fingerprint density at radius 2 is 2.17 bits per heavy atom. The second-order valence-electron chi connectivity index (χ2n) is 3.63. The molecule has 5 heteroatoms. The Bertz CT molecular complexity index is 456. The monoisotopic (exact) mass is 249 g/mol. The molecule has 1 heterocycles. The van der Waals surface area contributed by atoms with Crippen molar-refractivity contribution in [2.75, 3.05) is 6.79 Å². The normalized spacial score (nSPS) is 11.4. The number of aromatic nitrogens is 1. The Kier molecular flexibility index (Phi) is 5.05. The maximum absolute atomic E-state index is 11.6. The summed E-state index contributed by atoms with van der Waals surface area (Å²) < 4.78 is 9.32. The summed E-state index contributed by atoms with van der Waals surface area (Å²) in [5.41, 5.74) is 1.27. The quantitative estimate of drug-likeness (QED) is 0.589. The van der Waals surface area contributed by atoms with Gasteiger partial charge in [0, 0.05) is 6.92 Å². The van der Waals surface area contributed by atoms with E-state index in [1.54, 1.807) is 31.2 Å². The summed E-state index contributed by atoms with van der Waals surface area (Å²) in [6.07, 6.45) is 1.60. The number of rotatable bonds is 5. The summed E-state index contributed by atoms with van der Waals surface area (Å²) in [5.74, 6) is -1.52. The van der Waals surface area contributed by atoms with Crippen LogP contribution in [0.15, 0.2) is 24.8 Å². The van der Waals surface area contributed by atoms with Crippen molar-refractivity contribution >= 4 is 18.0 Å². The third-order valence-corrected chi connectivity index (χ3v) is 2.26. The molecule has 5 nitrogen and oxygen atoms in total. The number of ether oxygens (including phenoxy) is 2. The van der Waals surface area contributed by atoms with Crippen LogP contribution in [-0.2, 0) is 19.1 Å². The first kappa shape index (κ1) is 13.9. The molecule has 0 fully saturated rings. The third kappa shape index (κ3) is 4.01. The van der Waals surface area contributed by atoms with Crippen LogP contribution < -0.4 is 0 Å². The van der Waals surface area contributed by atoms with Gasteiger partial charge in [-0.25, -0.2) is 0 Å². The topological polar surface area (TPSA) is 65.5 Å². The molecule has 1 rings (SSSR count). The van der Waals surface area contributed by atoms with Gasteiger partial charge in [-0.15, -0.1) is 0 Å². The molecule has 1 unspecified atom stereocenters. The highest BCUT2D eigenvalue weighted by Gasteiger charge is 2.18. The first-order chi connectivity index (χ1) is 8.54. The first-order valence-corrected chi connectivity index (χ1v) is 5.44. The van der Waals surface area contributed by atoms with Gasteiger partial charge in [-0.1, -0.05) is 12.6 Å². The molecule has 0 aromatic carbocycles. The maximum Gasteiger partial charge on any atom is 0.317 e. The Labute approximate surface area is 105 Å². The van der Waals surface area contributed by atoms with Crippen molar-refractivity contribution in [2.24, 2.45) is 0 Å². The van der Waals surface area contributed by atoms with Crippen molar-refractivity contribution in [3.05, 3.63) is 36.2 Å². The predicted molar refractivity (Wildman–Crippen MR) is 65.5 cm³/mol. The zero-order valence-electron chi connectivity index (χ0n) is 10.4. The number of carbonyl (C=O) groups excluding carboxylic acids is 2. The van der Waals surface area contributed by atoms with Crippen LogP contribution in [0, 0.1) is 0 Å². The molecule has 0 radical (unpaired) electrons. The summed E-state index contributed by atoms with van der Waals surface area (Å²) in [7, 11) is 0. The molecule has 18 heavy (non-hydrogen) atoms. The van der Waals surface area contributed by atoms with Crippen LogP contribution in [0.2, 0.25) is 0 Å². The molecule has 0 spiro atoms. The standard InChI is InChI=1S/C13H15NO4/c1-4-11-6-5-7-12(14-11)9(2)13(16)18-8-17-10(3)15/h4-7,9H,1,8H2,2-3H3. The van der Waals surface area contributed by atoms with E-state index in [2.05, 4.69) is 16.3 Å². The molecule has 0 N–H and O–H groups in total. The van der Waals surface area contributed by atoms with Crippen molar-refractivity contribution < 1.29 is 19.1 Å². The Hall–Kier alpha value is -2.17. The second kappa shape index (κ2) is 6.54. The van der Waals surface area contributed by atoms with Gasteiger partial charge in [-0.05, 0) is 25.1 Å². The van der Waals surface area contributed by atoms with Crippen molar-refractivity contribution in [1.82, 2.24) is 4.98 Å². The summed E-state index contributed by atoms with van der Waals surface area (Å²) in [6, 6.07) is 5.30. The van der Waals surface area contributed by atoms with Crippen LogP contribution in [0.3, 0.4) is 0 Å². The third-order valence-electron chi connectivity index (χ3n) is 2.26. The van der Waals surface area contributed by atoms with Crippen LogP contribution in [0.25, 0.3) is 6.08 Å². The van der Waals surface area contributed by atoms with E-state index in [0.29, 0.717) is 11.4 Å². The highest BCUT2D eigenvalue weighted by Crippen LogP contribution is 2.15. The molecule has 0 saturated carbocycles. The van der Waals surface area contributed by atoms with E-state index in [9.17, 15) is 9.59 Å². The zero-order chi connectivity index (χ0) is 13.5. The number of esters is 2. The molecular weight excluding hydrogens is 234 g/mol. The van der Waals surface area contributed by atoms with Gasteiger partial charge >= 0.3 is 11.9 Å². The summed E-state index contributed by atoms with van der Waals surface area (Å²) in [5, 5.41) is 0. The predicted octanol–water partition coefficient (Wildman–Crippen LogP) is 1.89. The maximum atomic E-state index is 11.6. The van der Waals surface area contributed by atoms with Gasteiger partial charge < -0.3 is 9.47 Å². The highest BCUT2D eigenvalue weighted by atomic mass is 16.7. The average molecular weight is 249 g/mol. The molecule has 0 aliphatic heterocycles. The Morgan fingerprint density at radius 1 is 1.44 bits per heavy atom. The fourth-order valence-corrected chi connectivity index (χ4v) is 1.24. The SMILES string of the molecule is C=Cc1cccc(C(C)C(=O)OCOC(C)=O)n1. The Balaban J connectivity index is 2.62. The van der Waals surface area contributed by atoms with Crippen molar-refractivity contribution in [3.8, 4) is 0 Å². The minimum Gasteiger partial charge on any atom is -0.428 e. The molecule has 1 atom stereocenters. The van der Waals surface area contributed by atoms with E-state index in [1.165, 1.54) is 6.92 Å². The van der Waals surface area contributed by atoms with E-state index in [4.69, 9.17) is 4.74 Å². The fourth-order valence-electron chi connectivity index (χ4n) is 1.24. The van der Waals surface area contributed by atoms with E-state index in [0.717, 1.165) is 0 Å². The van der Waals surface area contributed by atoms with Crippen molar-refractivity contribution in [3.63, 3.8) is 0 Å². The lowest BCUT2D eigenvalue weighted by molar-refractivity contribution is -0.166. The largest absolute Gasteiger partial charge is 0.428 e. The van der Waals surface area contributed by atoms with E-state index in [1.807, 2.05) is 0 Å². The number of pyridine rings is 1. The van der Waals surface area contributed by atoms with Gasteiger partial charge in [-0.2, -0.15) is 0 Å². The number of nitrogens with zero attached hydrogens (tertiary/aromatic N) is 1. The first-order valence-electron chi connectivity index (χ1n) is 5.44. The fraction of sp³-hybridized carbons (Fsp3) is 0.308. The van der Waals surface area contributed by atoms with Crippen molar-refractivity contribution in [1.29, 1.82) is 0 Å². The van der Waals surface area contributed by atoms with Gasteiger partial charge in [0.05, 0.1) is 17.3 Å². The molecule has 1 aromatic heterocycles. The van der Waals surface area contributed by atoms with E-state index in [-0.39, 0.29) is 6.79 Å². The van der Waals surface area contributed by atoms with Crippen LogP contribution in [-0.4, -0.2) is 23.7 Å². The molecule has 96 valence electrons. The second-order valence-corrected chi connectivity index (χ2v) is 3.63. The van der Waals surface area contributed by atoms with Gasteiger partial charge in [0.15, 0.2) is 0 Å². The van der Waals surface area contributed by atoms with Crippen LogP contribution in [0.5, 0.6) is 0 Å².